The van der Waals surface area contributed by atoms with Crippen LogP contribution in [-0.2, 0) is 9.05 Å². The zero-order valence-corrected chi connectivity index (χ0v) is 12.4. The van der Waals surface area contributed by atoms with E-state index < -0.39 is 20.8 Å². The summed E-state index contributed by atoms with van der Waals surface area (Å²) in [4.78, 5) is 13.2. The van der Waals surface area contributed by atoms with Crippen LogP contribution < -0.4 is 0 Å². The number of rotatable bonds is 4. The lowest BCUT2D eigenvalue weighted by Crippen LogP contribution is -2.35. The van der Waals surface area contributed by atoms with Crippen molar-refractivity contribution in [3.05, 3.63) is 29.6 Å². The van der Waals surface area contributed by atoms with Crippen molar-refractivity contribution in [1.29, 1.82) is 0 Å². The van der Waals surface area contributed by atoms with Gasteiger partial charge in [-0.05, 0) is 31.5 Å². The molecule has 0 spiro atoms. The van der Waals surface area contributed by atoms with Crippen molar-refractivity contribution in [1.82, 2.24) is 4.90 Å². The van der Waals surface area contributed by atoms with E-state index in [1.165, 1.54) is 11.9 Å². The molecule has 0 bridgehead atoms. The number of carbonyl (C=O) groups is 1. The molecule has 0 heterocycles. The van der Waals surface area contributed by atoms with Gasteiger partial charge in [-0.1, -0.05) is 6.92 Å². The van der Waals surface area contributed by atoms with Crippen LogP contribution in [-0.4, -0.2) is 32.3 Å². The van der Waals surface area contributed by atoms with Gasteiger partial charge < -0.3 is 4.90 Å². The monoisotopic (exact) mass is 307 g/mol. The van der Waals surface area contributed by atoms with Gasteiger partial charge in [-0.15, -0.1) is 0 Å². The molecule has 0 fully saturated rings. The summed E-state index contributed by atoms with van der Waals surface area (Å²) >= 11 is 0. The highest BCUT2D eigenvalue weighted by Gasteiger charge is 2.22. The molecule has 7 heteroatoms. The molecule has 1 aromatic rings. The second-order valence-corrected chi connectivity index (χ2v) is 6.82. The van der Waals surface area contributed by atoms with Crippen LogP contribution in [0.4, 0.5) is 4.39 Å². The summed E-state index contributed by atoms with van der Waals surface area (Å²) in [6, 6.07) is 2.83. The average molecular weight is 308 g/mol. The lowest BCUT2D eigenvalue weighted by molar-refractivity contribution is 0.0735. The Morgan fingerprint density at radius 2 is 2.05 bits per heavy atom. The van der Waals surface area contributed by atoms with Crippen LogP contribution in [0, 0.1) is 5.82 Å². The Hall–Kier alpha value is -1.14. The molecule has 0 saturated heterocycles. The van der Waals surface area contributed by atoms with Gasteiger partial charge in [0.05, 0.1) is 10.5 Å². The SMILES string of the molecule is CCC(C)N(C)C(=O)c1cc(S(=O)(=O)Cl)ccc1F. The van der Waals surface area contributed by atoms with E-state index in [-0.39, 0.29) is 16.5 Å². The second-order valence-electron chi connectivity index (χ2n) is 4.25. The van der Waals surface area contributed by atoms with Gasteiger partial charge in [0.2, 0.25) is 0 Å². The Morgan fingerprint density at radius 3 is 2.53 bits per heavy atom. The predicted molar refractivity (Wildman–Crippen MR) is 71.3 cm³/mol. The number of hydrogen-bond donors (Lipinski definition) is 0. The van der Waals surface area contributed by atoms with E-state index in [2.05, 4.69) is 0 Å². The van der Waals surface area contributed by atoms with Crippen molar-refractivity contribution in [2.45, 2.75) is 31.2 Å². The zero-order valence-electron chi connectivity index (χ0n) is 10.9. The fourth-order valence-electron chi connectivity index (χ4n) is 1.48. The summed E-state index contributed by atoms with van der Waals surface area (Å²) in [5.74, 6) is -1.35. The molecule has 106 valence electrons. The van der Waals surface area contributed by atoms with Crippen molar-refractivity contribution in [3.8, 4) is 0 Å². The standard InChI is InChI=1S/C12H15ClFNO3S/c1-4-8(2)15(3)12(16)10-7-9(19(13,17)18)5-6-11(10)14/h5-8H,4H2,1-3H3. The fourth-order valence-corrected chi connectivity index (χ4v) is 2.26. The highest BCUT2D eigenvalue weighted by Crippen LogP contribution is 2.20. The van der Waals surface area contributed by atoms with E-state index in [1.54, 1.807) is 0 Å². The maximum atomic E-state index is 13.7. The lowest BCUT2D eigenvalue weighted by Gasteiger charge is -2.24. The molecule has 1 rings (SSSR count). The van der Waals surface area contributed by atoms with Crippen LogP contribution in [0.5, 0.6) is 0 Å². The topological polar surface area (TPSA) is 54.5 Å². The van der Waals surface area contributed by atoms with Gasteiger partial charge in [0.1, 0.15) is 5.82 Å². The van der Waals surface area contributed by atoms with Crippen LogP contribution in [0.2, 0.25) is 0 Å². The number of carbonyl (C=O) groups excluding carboxylic acids is 1. The number of benzene rings is 1. The van der Waals surface area contributed by atoms with E-state index in [9.17, 15) is 17.6 Å². The molecule has 0 radical (unpaired) electrons. The van der Waals surface area contributed by atoms with Gasteiger partial charge in [0.25, 0.3) is 15.0 Å². The zero-order chi connectivity index (χ0) is 14.8. The quantitative estimate of drug-likeness (QED) is 0.804. The molecule has 1 unspecified atom stereocenters. The second kappa shape index (κ2) is 5.88. The van der Waals surface area contributed by atoms with Gasteiger partial charge >= 0.3 is 0 Å². The van der Waals surface area contributed by atoms with Crippen LogP contribution in [0.1, 0.15) is 30.6 Å². The highest BCUT2D eigenvalue weighted by atomic mass is 35.7. The van der Waals surface area contributed by atoms with Gasteiger partial charge in [-0.3, -0.25) is 4.79 Å². The van der Waals surface area contributed by atoms with Crippen molar-refractivity contribution in [3.63, 3.8) is 0 Å². The van der Waals surface area contributed by atoms with Gasteiger partial charge in [-0.2, -0.15) is 0 Å². The summed E-state index contributed by atoms with van der Waals surface area (Å²) < 4.78 is 36.0. The number of hydrogen-bond acceptors (Lipinski definition) is 3. The maximum absolute atomic E-state index is 13.7. The molecular weight excluding hydrogens is 293 g/mol. The van der Waals surface area contributed by atoms with Crippen LogP contribution in [0.3, 0.4) is 0 Å². The minimum absolute atomic E-state index is 0.0804. The van der Waals surface area contributed by atoms with Crippen molar-refractivity contribution in [2.75, 3.05) is 7.05 Å². The molecule has 19 heavy (non-hydrogen) atoms. The average Bonchev–Trinajstić information content (AvgIpc) is 2.35. The Balaban J connectivity index is 3.24. The Kier molecular flexibility index (Phi) is 4.92. The molecule has 1 amide bonds. The highest BCUT2D eigenvalue weighted by molar-refractivity contribution is 8.13. The third kappa shape index (κ3) is 3.67. The van der Waals surface area contributed by atoms with Crippen molar-refractivity contribution < 1.29 is 17.6 Å². The summed E-state index contributed by atoms with van der Waals surface area (Å²) in [6.45, 7) is 3.71. The lowest BCUT2D eigenvalue weighted by atomic mass is 10.1. The molecule has 0 aliphatic rings. The minimum atomic E-state index is -3.99. The maximum Gasteiger partial charge on any atom is 0.261 e. The van der Waals surface area contributed by atoms with Crippen LogP contribution >= 0.6 is 10.7 Å². The number of amides is 1. The van der Waals surface area contributed by atoms with Gasteiger partial charge in [-0.25, -0.2) is 12.8 Å². The fraction of sp³-hybridized carbons (Fsp3) is 0.417. The minimum Gasteiger partial charge on any atom is -0.339 e. The first-order valence-electron chi connectivity index (χ1n) is 5.69. The smallest absolute Gasteiger partial charge is 0.261 e. The molecule has 1 aromatic carbocycles. The Morgan fingerprint density at radius 1 is 1.47 bits per heavy atom. The van der Waals surface area contributed by atoms with E-state index in [4.69, 9.17) is 10.7 Å². The van der Waals surface area contributed by atoms with Gasteiger partial charge in [0.15, 0.2) is 0 Å². The van der Waals surface area contributed by atoms with Gasteiger partial charge in [0, 0.05) is 23.8 Å². The number of halogens is 2. The molecule has 0 N–H and O–H groups in total. The van der Waals surface area contributed by atoms with Crippen molar-refractivity contribution >= 4 is 25.6 Å². The normalized spacial score (nSPS) is 13.1. The predicted octanol–water partition coefficient (Wildman–Crippen LogP) is 2.62. The molecule has 1 atom stereocenters. The van der Waals surface area contributed by atoms with E-state index in [0.29, 0.717) is 6.42 Å². The summed E-state index contributed by atoms with van der Waals surface area (Å²) in [5, 5.41) is 0. The first kappa shape index (κ1) is 15.9. The number of nitrogens with zero attached hydrogens (tertiary/aromatic N) is 1. The molecule has 0 aromatic heterocycles. The summed E-state index contributed by atoms with van der Waals surface area (Å²) in [7, 11) is 2.73. The molecule has 0 aliphatic heterocycles. The summed E-state index contributed by atoms with van der Waals surface area (Å²) in [5.41, 5.74) is -0.301. The third-order valence-corrected chi connectivity index (χ3v) is 4.37. The Labute approximate surface area is 116 Å². The molecule has 0 aliphatic carbocycles. The van der Waals surface area contributed by atoms with E-state index >= 15 is 0 Å². The van der Waals surface area contributed by atoms with Crippen LogP contribution in [0.25, 0.3) is 0 Å². The molecule has 4 nitrogen and oxygen atoms in total. The Bertz CT molecular complexity index is 589. The largest absolute Gasteiger partial charge is 0.339 e. The van der Waals surface area contributed by atoms with E-state index in [0.717, 1.165) is 18.2 Å². The first-order chi connectivity index (χ1) is 8.68. The third-order valence-electron chi connectivity index (χ3n) is 3.02. The summed E-state index contributed by atoms with van der Waals surface area (Å²) in [6.07, 6.45) is 0.706. The molecule has 0 saturated carbocycles. The van der Waals surface area contributed by atoms with Crippen LogP contribution in [0.15, 0.2) is 23.1 Å². The molecular formula is C12H15ClFNO3S. The van der Waals surface area contributed by atoms with E-state index in [1.807, 2.05) is 13.8 Å². The van der Waals surface area contributed by atoms with Crippen molar-refractivity contribution in [2.24, 2.45) is 0 Å². The first-order valence-corrected chi connectivity index (χ1v) is 8.00.